The van der Waals surface area contributed by atoms with Crippen LogP contribution >= 0.6 is 27.3 Å². The Hall–Kier alpha value is -0.920. The minimum absolute atomic E-state index is 0.174. The van der Waals surface area contributed by atoms with Gasteiger partial charge in [-0.1, -0.05) is 0 Å². The number of ether oxygens (including phenoxy) is 2. The zero-order valence-corrected chi connectivity index (χ0v) is 13.4. The fourth-order valence-electron chi connectivity index (χ4n) is 1.75. The highest BCUT2D eigenvalue weighted by Gasteiger charge is 2.20. The smallest absolute Gasteiger partial charge is 0.348 e. The van der Waals surface area contributed by atoms with Gasteiger partial charge in [-0.3, -0.25) is 0 Å². The summed E-state index contributed by atoms with van der Waals surface area (Å²) < 4.78 is 13.0. The molecule has 0 aromatic carbocycles. The summed E-state index contributed by atoms with van der Waals surface area (Å²) in [6, 6.07) is 1.80. The fourth-order valence-corrected chi connectivity index (χ4v) is 3.43. The Kier molecular flexibility index (Phi) is 4.59. The monoisotopic (exact) mass is 346 g/mol. The molecule has 0 aliphatic rings. The topological polar surface area (TPSA) is 53.3 Å². The number of halogens is 1. The van der Waals surface area contributed by atoms with Gasteiger partial charge in [0.15, 0.2) is 0 Å². The van der Waals surface area contributed by atoms with Crippen LogP contribution < -0.4 is 0 Å². The van der Waals surface area contributed by atoms with Crippen LogP contribution in [0.3, 0.4) is 0 Å². The van der Waals surface area contributed by atoms with E-state index in [4.69, 9.17) is 9.47 Å². The molecule has 0 aliphatic heterocycles. The van der Waals surface area contributed by atoms with E-state index in [-0.39, 0.29) is 12.2 Å². The summed E-state index contributed by atoms with van der Waals surface area (Å²) in [5.74, 6) is -0.300. The van der Waals surface area contributed by atoms with Crippen LogP contribution in [0.2, 0.25) is 0 Å². The molecule has 2 aromatic heterocycles. The van der Waals surface area contributed by atoms with Gasteiger partial charge in [-0.2, -0.15) is 5.10 Å². The van der Waals surface area contributed by atoms with Crippen LogP contribution in [0, 0.1) is 0 Å². The van der Waals surface area contributed by atoms with E-state index in [2.05, 4.69) is 21.0 Å². The zero-order valence-electron chi connectivity index (χ0n) is 11.0. The van der Waals surface area contributed by atoms with Crippen molar-refractivity contribution in [3.05, 3.63) is 15.5 Å². The summed E-state index contributed by atoms with van der Waals surface area (Å²) in [5.41, 5.74) is 0. The second-order valence-corrected chi connectivity index (χ2v) is 5.62. The molecule has 0 bridgehead atoms. The number of nitrogens with zero attached hydrogens (tertiary/aromatic N) is 2. The van der Waals surface area contributed by atoms with Gasteiger partial charge in [-0.25, -0.2) is 9.48 Å². The third kappa shape index (κ3) is 2.82. The van der Waals surface area contributed by atoms with E-state index in [1.165, 1.54) is 11.3 Å². The van der Waals surface area contributed by atoms with Gasteiger partial charge < -0.3 is 9.47 Å². The van der Waals surface area contributed by atoms with Gasteiger partial charge in [0.05, 0.1) is 6.61 Å². The van der Waals surface area contributed by atoms with Crippen LogP contribution in [0.1, 0.15) is 36.7 Å². The van der Waals surface area contributed by atoms with Crippen molar-refractivity contribution in [2.24, 2.45) is 0 Å². The Labute approximate surface area is 123 Å². The van der Waals surface area contributed by atoms with Crippen molar-refractivity contribution in [3.63, 3.8) is 0 Å². The second kappa shape index (κ2) is 6.02. The van der Waals surface area contributed by atoms with E-state index in [0.29, 0.717) is 22.7 Å². The van der Waals surface area contributed by atoms with Crippen molar-refractivity contribution in [2.75, 3.05) is 13.2 Å². The molecule has 2 heterocycles. The summed E-state index contributed by atoms with van der Waals surface area (Å²) in [6.45, 7) is 6.63. The van der Waals surface area contributed by atoms with Gasteiger partial charge in [0, 0.05) is 12.0 Å². The van der Waals surface area contributed by atoms with E-state index in [9.17, 15) is 4.79 Å². The number of aromatic nitrogens is 2. The third-order valence-electron chi connectivity index (χ3n) is 2.57. The molecule has 2 rings (SSSR count). The minimum atomic E-state index is -0.300. The minimum Gasteiger partial charge on any atom is -0.462 e. The van der Waals surface area contributed by atoms with Crippen LogP contribution in [0.25, 0.3) is 10.2 Å². The molecule has 0 saturated carbocycles. The van der Waals surface area contributed by atoms with Crippen LogP contribution in [0.4, 0.5) is 0 Å². The highest BCUT2D eigenvalue weighted by atomic mass is 79.9. The molecule has 0 radical (unpaired) electrons. The fraction of sp³-hybridized carbons (Fsp3) is 0.500. The second-order valence-electron chi connectivity index (χ2n) is 3.84. The summed E-state index contributed by atoms with van der Waals surface area (Å²) >= 11 is 4.77. The Bertz CT molecular complexity index is 593. The summed E-state index contributed by atoms with van der Waals surface area (Å²) in [5, 5.41) is 5.28. The summed E-state index contributed by atoms with van der Waals surface area (Å²) in [6.07, 6.45) is -0.174. The van der Waals surface area contributed by atoms with Crippen molar-refractivity contribution in [1.82, 2.24) is 9.78 Å². The van der Waals surface area contributed by atoms with Crippen molar-refractivity contribution in [3.8, 4) is 0 Å². The zero-order chi connectivity index (χ0) is 14.0. The molecule has 1 atom stereocenters. The first-order valence-corrected chi connectivity index (χ1v) is 7.65. The molecule has 0 spiro atoms. The maximum Gasteiger partial charge on any atom is 0.348 e. The van der Waals surface area contributed by atoms with E-state index in [0.717, 1.165) is 10.2 Å². The van der Waals surface area contributed by atoms with E-state index >= 15 is 0 Å². The molecule has 2 aromatic rings. The van der Waals surface area contributed by atoms with Crippen molar-refractivity contribution in [1.29, 1.82) is 0 Å². The predicted octanol–water partition coefficient (Wildman–Crippen LogP) is 3.59. The van der Waals surface area contributed by atoms with Gasteiger partial charge in [0.1, 0.15) is 20.5 Å². The molecule has 0 aliphatic carbocycles. The largest absolute Gasteiger partial charge is 0.462 e. The molecule has 0 fully saturated rings. The van der Waals surface area contributed by atoms with Crippen LogP contribution in [0.15, 0.2) is 10.7 Å². The number of carbonyl (C=O) groups excluding carboxylic acids is 1. The Morgan fingerprint density at radius 2 is 2.26 bits per heavy atom. The summed E-state index contributed by atoms with van der Waals surface area (Å²) in [4.78, 5) is 13.2. The Morgan fingerprint density at radius 3 is 2.89 bits per heavy atom. The third-order valence-corrected chi connectivity index (χ3v) is 4.26. The lowest BCUT2D eigenvalue weighted by Crippen LogP contribution is -2.10. The molecule has 0 N–H and O–H groups in total. The molecule has 0 amide bonds. The van der Waals surface area contributed by atoms with Crippen molar-refractivity contribution >= 4 is 43.5 Å². The quantitative estimate of drug-likeness (QED) is 0.776. The lowest BCUT2D eigenvalue weighted by molar-refractivity contribution is 0.0193. The number of fused-ring (bicyclic) bond motifs is 1. The number of hydrogen-bond donors (Lipinski definition) is 0. The van der Waals surface area contributed by atoms with E-state index in [1.807, 2.05) is 13.8 Å². The predicted molar refractivity (Wildman–Crippen MR) is 77.6 cm³/mol. The molecule has 1 unspecified atom stereocenters. The highest BCUT2D eigenvalue weighted by molar-refractivity contribution is 9.10. The molecule has 7 heteroatoms. The van der Waals surface area contributed by atoms with Crippen LogP contribution in [-0.2, 0) is 9.47 Å². The average Bonchev–Trinajstić information content (AvgIpc) is 2.91. The van der Waals surface area contributed by atoms with Crippen molar-refractivity contribution in [2.45, 2.75) is 27.0 Å². The SMILES string of the molecule is CCOC(=O)c1cc2c(Br)nn(C(C)OCC)c2s1. The van der Waals surface area contributed by atoms with Gasteiger partial charge in [0.2, 0.25) is 0 Å². The molecule has 5 nitrogen and oxygen atoms in total. The Balaban J connectivity index is 2.42. The average molecular weight is 347 g/mol. The number of rotatable bonds is 5. The molecule has 0 saturated heterocycles. The number of carbonyl (C=O) groups is 1. The van der Waals surface area contributed by atoms with Gasteiger partial charge in [-0.15, -0.1) is 11.3 Å². The molecule has 19 heavy (non-hydrogen) atoms. The molecular formula is C12H15BrN2O3S. The lowest BCUT2D eigenvalue weighted by atomic mass is 10.4. The maximum atomic E-state index is 11.7. The van der Waals surface area contributed by atoms with Gasteiger partial charge in [-0.05, 0) is 42.8 Å². The van der Waals surface area contributed by atoms with Crippen LogP contribution in [0.5, 0.6) is 0 Å². The first-order chi connectivity index (χ1) is 9.08. The number of hydrogen-bond acceptors (Lipinski definition) is 5. The number of esters is 1. The lowest BCUT2D eigenvalue weighted by Gasteiger charge is -2.11. The van der Waals surface area contributed by atoms with Gasteiger partial charge >= 0.3 is 5.97 Å². The summed E-state index contributed by atoms with van der Waals surface area (Å²) in [7, 11) is 0. The van der Waals surface area contributed by atoms with E-state index < -0.39 is 0 Å². The molecule has 104 valence electrons. The van der Waals surface area contributed by atoms with Crippen molar-refractivity contribution < 1.29 is 14.3 Å². The first-order valence-electron chi connectivity index (χ1n) is 6.04. The molecular weight excluding hydrogens is 332 g/mol. The standard InChI is InChI=1S/C12H15BrN2O3S/c1-4-17-7(3)15-11-8(10(13)14-15)6-9(19-11)12(16)18-5-2/h6-7H,4-5H2,1-3H3. The van der Waals surface area contributed by atoms with Gasteiger partial charge in [0.25, 0.3) is 0 Å². The number of thiophene rings is 1. The normalized spacial score (nSPS) is 12.8. The Morgan fingerprint density at radius 1 is 1.53 bits per heavy atom. The van der Waals surface area contributed by atoms with Crippen LogP contribution in [-0.4, -0.2) is 29.0 Å². The van der Waals surface area contributed by atoms with E-state index in [1.54, 1.807) is 17.7 Å². The highest BCUT2D eigenvalue weighted by Crippen LogP contribution is 2.33. The maximum absolute atomic E-state index is 11.7. The first kappa shape index (κ1) is 14.5.